The van der Waals surface area contributed by atoms with Crippen LogP contribution in [0.4, 0.5) is 0 Å². The number of hydrogen-bond acceptors (Lipinski definition) is 7. The Labute approximate surface area is 190 Å². The van der Waals surface area contributed by atoms with Crippen molar-refractivity contribution in [1.29, 1.82) is 0 Å². The summed E-state index contributed by atoms with van der Waals surface area (Å²) in [6, 6.07) is 18.7. The van der Waals surface area contributed by atoms with Crippen molar-refractivity contribution >= 4 is 16.9 Å². The lowest BCUT2D eigenvalue weighted by Gasteiger charge is -2.10. The van der Waals surface area contributed by atoms with E-state index in [1.165, 1.54) is 6.07 Å². The standard InChI is InChI=1S/C26H22O7/c1-16-26(33-20-10-8-19(30-3)9-11-20)25(28)22-13-12-21(15-23(22)31-16)32-24(27)14-17-4-6-18(29-2)7-5-17/h4-13,15H,14H2,1-3H3. The molecule has 0 saturated carbocycles. The average Bonchev–Trinajstić information content (AvgIpc) is 2.82. The first-order valence-electron chi connectivity index (χ1n) is 10.2. The summed E-state index contributed by atoms with van der Waals surface area (Å²) < 4.78 is 27.2. The van der Waals surface area contributed by atoms with Crippen LogP contribution in [0.5, 0.6) is 28.7 Å². The molecule has 0 N–H and O–H groups in total. The molecule has 0 radical (unpaired) electrons. The number of methoxy groups -OCH3 is 2. The second-order valence-corrected chi connectivity index (χ2v) is 7.25. The summed E-state index contributed by atoms with van der Waals surface area (Å²) in [6.07, 6.45) is 0.0969. The van der Waals surface area contributed by atoms with Gasteiger partial charge in [-0.05, 0) is 61.0 Å². The number of hydrogen-bond donors (Lipinski definition) is 0. The second-order valence-electron chi connectivity index (χ2n) is 7.25. The van der Waals surface area contributed by atoms with Crippen molar-refractivity contribution in [1.82, 2.24) is 0 Å². The van der Waals surface area contributed by atoms with E-state index in [4.69, 9.17) is 23.4 Å². The van der Waals surface area contributed by atoms with Gasteiger partial charge in [-0.1, -0.05) is 12.1 Å². The first-order valence-corrected chi connectivity index (χ1v) is 10.2. The van der Waals surface area contributed by atoms with Crippen LogP contribution >= 0.6 is 0 Å². The van der Waals surface area contributed by atoms with Crippen LogP contribution in [0.25, 0.3) is 11.0 Å². The van der Waals surface area contributed by atoms with Crippen LogP contribution in [0.3, 0.4) is 0 Å². The molecule has 0 unspecified atom stereocenters. The zero-order valence-corrected chi connectivity index (χ0v) is 18.4. The predicted octanol–water partition coefficient (Wildman–Crippen LogP) is 5.06. The van der Waals surface area contributed by atoms with Gasteiger partial charge in [-0.25, -0.2) is 0 Å². The summed E-state index contributed by atoms with van der Waals surface area (Å²) in [4.78, 5) is 25.3. The molecule has 7 heteroatoms. The minimum Gasteiger partial charge on any atom is -0.497 e. The number of aryl methyl sites for hydroxylation is 1. The van der Waals surface area contributed by atoms with E-state index in [-0.39, 0.29) is 23.3 Å². The van der Waals surface area contributed by atoms with Gasteiger partial charge >= 0.3 is 5.97 Å². The molecular weight excluding hydrogens is 424 g/mol. The van der Waals surface area contributed by atoms with Gasteiger partial charge in [-0.2, -0.15) is 0 Å². The van der Waals surface area contributed by atoms with Crippen molar-refractivity contribution in [3.63, 3.8) is 0 Å². The molecule has 1 aromatic heterocycles. The summed E-state index contributed by atoms with van der Waals surface area (Å²) in [5, 5.41) is 0.319. The third-order valence-corrected chi connectivity index (χ3v) is 5.01. The third kappa shape index (κ3) is 4.98. The minimum absolute atomic E-state index is 0.0944. The Bertz CT molecular complexity index is 1340. The van der Waals surface area contributed by atoms with E-state index < -0.39 is 5.97 Å². The molecule has 1 heterocycles. The van der Waals surface area contributed by atoms with Crippen molar-refractivity contribution in [2.45, 2.75) is 13.3 Å². The van der Waals surface area contributed by atoms with E-state index in [0.29, 0.717) is 34.0 Å². The van der Waals surface area contributed by atoms with E-state index in [1.54, 1.807) is 81.8 Å². The monoisotopic (exact) mass is 446 g/mol. The van der Waals surface area contributed by atoms with Crippen molar-refractivity contribution in [2.75, 3.05) is 14.2 Å². The maximum Gasteiger partial charge on any atom is 0.315 e. The van der Waals surface area contributed by atoms with E-state index in [1.807, 2.05) is 0 Å². The van der Waals surface area contributed by atoms with E-state index in [9.17, 15) is 9.59 Å². The van der Waals surface area contributed by atoms with Crippen molar-refractivity contribution in [3.8, 4) is 28.7 Å². The Morgan fingerprint density at radius 1 is 0.818 bits per heavy atom. The first-order chi connectivity index (χ1) is 16.0. The summed E-state index contributed by atoms with van der Waals surface area (Å²) >= 11 is 0. The summed E-state index contributed by atoms with van der Waals surface area (Å²) in [5.41, 5.74) is 0.777. The molecule has 0 fully saturated rings. The number of rotatable bonds is 7. The molecule has 0 aliphatic carbocycles. The highest BCUT2D eigenvalue weighted by atomic mass is 16.5. The summed E-state index contributed by atoms with van der Waals surface area (Å²) in [6.45, 7) is 1.64. The van der Waals surface area contributed by atoms with Crippen LogP contribution in [-0.4, -0.2) is 20.2 Å². The summed E-state index contributed by atoms with van der Waals surface area (Å²) in [5.74, 6) is 2.13. The molecule has 0 bridgehead atoms. The Morgan fingerprint density at radius 3 is 2.03 bits per heavy atom. The summed E-state index contributed by atoms with van der Waals surface area (Å²) in [7, 11) is 3.15. The third-order valence-electron chi connectivity index (χ3n) is 5.01. The number of carbonyl (C=O) groups is 1. The van der Waals surface area contributed by atoms with Gasteiger partial charge in [0.1, 0.15) is 34.3 Å². The molecule has 7 nitrogen and oxygen atoms in total. The molecule has 0 spiro atoms. The van der Waals surface area contributed by atoms with Gasteiger partial charge in [0.25, 0.3) is 0 Å². The number of carbonyl (C=O) groups excluding carboxylic acids is 1. The zero-order chi connectivity index (χ0) is 23.4. The highest BCUT2D eigenvalue weighted by molar-refractivity contribution is 5.81. The van der Waals surface area contributed by atoms with E-state index >= 15 is 0 Å². The molecular formula is C26H22O7. The molecule has 33 heavy (non-hydrogen) atoms. The van der Waals surface area contributed by atoms with Gasteiger partial charge in [0.2, 0.25) is 11.2 Å². The van der Waals surface area contributed by atoms with Crippen molar-refractivity contribution < 1.29 is 28.2 Å². The number of esters is 1. The average molecular weight is 446 g/mol. The largest absolute Gasteiger partial charge is 0.497 e. The quantitative estimate of drug-likeness (QED) is 0.290. The van der Waals surface area contributed by atoms with Gasteiger partial charge in [0, 0.05) is 6.07 Å². The topological polar surface area (TPSA) is 84.2 Å². The molecule has 168 valence electrons. The maximum absolute atomic E-state index is 13.0. The molecule has 0 aliphatic rings. The fourth-order valence-electron chi connectivity index (χ4n) is 3.29. The number of ether oxygens (including phenoxy) is 4. The number of benzene rings is 3. The predicted molar refractivity (Wildman–Crippen MR) is 123 cm³/mol. The molecule has 4 aromatic rings. The lowest BCUT2D eigenvalue weighted by Crippen LogP contribution is -2.12. The molecule has 0 atom stereocenters. The smallest absolute Gasteiger partial charge is 0.315 e. The van der Waals surface area contributed by atoms with Crippen LogP contribution in [0.15, 0.2) is 75.9 Å². The lowest BCUT2D eigenvalue weighted by molar-refractivity contribution is -0.133. The molecule has 4 rings (SSSR count). The molecule has 0 saturated heterocycles. The normalized spacial score (nSPS) is 10.6. The van der Waals surface area contributed by atoms with Gasteiger partial charge < -0.3 is 23.4 Å². The Balaban J connectivity index is 1.53. The molecule has 0 amide bonds. The van der Waals surface area contributed by atoms with E-state index in [0.717, 1.165) is 5.56 Å². The van der Waals surface area contributed by atoms with Gasteiger partial charge in [-0.15, -0.1) is 0 Å². The Kier molecular flexibility index (Phi) is 6.31. The number of fused-ring (bicyclic) bond motifs is 1. The van der Waals surface area contributed by atoms with Gasteiger partial charge in [0.05, 0.1) is 26.0 Å². The van der Waals surface area contributed by atoms with Gasteiger partial charge in [-0.3, -0.25) is 9.59 Å². The maximum atomic E-state index is 13.0. The highest BCUT2D eigenvalue weighted by Crippen LogP contribution is 2.28. The Hall–Kier alpha value is -4.26. The van der Waals surface area contributed by atoms with Crippen LogP contribution in [0, 0.1) is 6.92 Å². The highest BCUT2D eigenvalue weighted by Gasteiger charge is 2.16. The van der Waals surface area contributed by atoms with E-state index in [2.05, 4.69) is 0 Å². The van der Waals surface area contributed by atoms with Crippen LogP contribution in [0.1, 0.15) is 11.3 Å². The van der Waals surface area contributed by atoms with Crippen LogP contribution in [0.2, 0.25) is 0 Å². The molecule has 3 aromatic carbocycles. The van der Waals surface area contributed by atoms with Crippen molar-refractivity contribution in [3.05, 3.63) is 88.3 Å². The SMILES string of the molecule is COc1ccc(CC(=O)Oc2ccc3c(=O)c(Oc4ccc(OC)cc4)c(C)oc3c2)cc1. The van der Waals surface area contributed by atoms with Crippen LogP contribution < -0.4 is 24.4 Å². The van der Waals surface area contributed by atoms with Crippen LogP contribution in [-0.2, 0) is 11.2 Å². The van der Waals surface area contributed by atoms with Gasteiger partial charge in [0.15, 0.2) is 0 Å². The zero-order valence-electron chi connectivity index (χ0n) is 18.4. The first kappa shape index (κ1) is 22.0. The second kappa shape index (κ2) is 9.48. The Morgan fingerprint density at radius 2 is 1.39 bits per heavy atom. The fraction of sp³-hybridized carbons (Fsp3) is 0.154. The lowest BCUT2D eigenvalue weighted by atomic mass is 10.1. The fourth-order valence-corrected chi connectivity index (χ4v) is 3.29. The van der Waals surface area contributed by atoms with Crippen molar-refractivity contribution in [2.24, 2.45) is 0 Å². The molecule has 0 aliphatic heterocycles. The minimum atomic E-state index is -0.432.